The second-order valence-electron chi connectivity index (χ2n) is 6.90. The van der Waals surface area contributed by atoms with Gasteiger partial charge in [-0.3, -0.25) is 24.8 Å². The van der Waals surface area contributed by atoms with Crippen molar-refractivity contribution in [1.82, 2.24) is 5.32 Å². The third-order valence-electron chi connectivity index (χ3n) is 4.58. The van der Waals surface area contributed by atoms with Crippen molar-refractivity contribution in [1.29, 1.82) is 0 Å². The number of non-ortho nitro benzene ring substituents is 1. The van der Waals surface area contributed by atoms with Gasteiger partial charge in [-0.15, -0.1) is 0 Å². The van der Waals surface area contributed by atoms with Crippen LogP contribution in [0.2, 0.25) is 0 Å². The number of hydrogen-bond donors (Lipinski definition) is 2. The summed E-state index contributed by atoms with van der Waals surface area (Å²) in [5.41, 5.74) is -1.10. The lowest BCUT2D eigenvalue weighted by Crippen LogP contribution is -2.42. The minimum atomic E-state index is -3.37. The average Bonchev–Trinajstić information content (AvgIpc) is 2.85. The lowest BCUT2D eigenvalue weighted by Gasteiger charge is -2.17. The number of nitro benzene ring substituents is 2. The van der Waals surface area contributed by atoms with Gasteiger partial charge in [-0.1, -0.05) is 30.3 Å². The largest absolute Gasteiger partial charge is 0.467 e. The molecule has 0 spiro atoms. The number of carbonyl (C=O) groups is 2. The van der Waals surface area contributed by atoms with Gasteiger partial charge >= 0.3 is 12.1 Å². The number of aliphatic hydroxyl groups excluding tert-OH is 1. The van der Waals surface area contributed by atoms with Gasteiger partial charge in [-0.2, -0.15) is 0 Å². The van der Waals surface area contributed by atoms with E-state index in [0.29, 0.717) is 11.6 Å². The number of aliphatic hydroxyl groups is 1. The van der Waals surface area contributed by atoms with Crippen molar-refractivity contribution < 1.29 is 43.1 Å². The van der Waals surface area contributed by atoms with Gasteiger partial charge < -0.3 is 24.4 Å². The molecule has 0 heterocycles. The molecule has 0 fully saturated rings. The van der Waals surface area contributed by atoms with Crippen LogP contribution in [0.25, 0.3) is 0 Å². The van der Waals surface area contributed by atoms with Crippen LogP contribution in [0.5, 0.6) is 0 Å². The van der Waals surface area contributed by atoms with Crippen molar-refractivity contribution in [2.45, 2.75) is 24.9 Å². The quantitative estimate of drug-likeness (QED) is 0.184. The SMILES string of the molecule is COC(=O)[C@H](CCO[PH](=O)C(O)c1ccc([N+](=O)[O-])cc1[N+](=O)[O-])NC(=O)OCc1ccccc1. The molecular formula is C20H22N3O11P. The summed E-state index contributed by atoms with van der Waals surface area (Å²) in [4.78, 5) is 44.2. The summed E-state index contributed by atoms with van der Waals surface area (Å²) in [7, 11) is -2.28. The predicted molar refractivity (Wildman–Crippen MR) is 120 cm³/mol. The third-order valence-corrected chi connectivity index (χ3v) is 5.83. The summed E-state index contributed by atoms with van der Waals surface area (Å²) in [5.74, 6) is -2.78. The number of ether oxygens (including phenoxy) is 2. The fourth-order valence-electron chi connectivity index (χ4n) is 2.82. The zero-order valence-corrected chi connectivity index (χ0v) is 19.3. The second-order valence-corrected chi connectivity index (χ2v) is 8.37. The number of rotatable bonds is 12. The first-order valence-corrected chi connectivity index (χ1v) is 11.4. The molecule has 3 atom stereocenters. The Labute approximate surface area is 199 Å². The van der Waals surface area contributed by atoms with Gasteiger partial charge in [-0.05, 0) is 11.6 Å². The topological polar surface area (TPSA) is 197 Å². The maximum Gasteiger partial charge on any atom is 0.408 e. The normalized spacial score (nSPS) is 13.2. The minimum Gasteiger partial charge on any atom is -0.467 e. The van der Waals surface area contributed by atoms with E-state index in [1.54, 1.807) is 30.3 Å². The molecule has 1 amide bonds. The number of alkyl carbamates (subject to hydrolysis) is 1. The number of esters is 1. The van der Waals surface area contributed by atoms with Crippen molar-refractivity contribution in [2.24, 2.45) is 0 Å². The van der Waals surface area contributed by atoms with E-state index in [4.69, 9.17) is 9.26 Å². The molecule has 0 saturated heterocycles. The lowest BCUT2D eigenvalue weighted by atomic mass is 10.1. The van der Waals surface area contributed by atoms with E-state index >= 15 is 0 Å². The smallest absolute Gasteiger partial charge is 0.408 e. The molecule has 2 unspecified atom stereocenters. The Morgan fingerprint density at radius 1 is 1.11 bits per heavy atom. The molecule has 2 aromatic rings. The molecule has 0 bridgehead atoms. The Hall–Kier alpha value is -3.87. The number of nitrogens with zero attached hydrogens (tertiary/aromatic N) is 2. The van der Waals surface area contributed by atoms with Gasteiger partial charge in [0.1, 0.15) is 12.6 Å². The maximum atomic E-state index is 12.4. The highest BCUT2D eigenvalue weighted by atomic mass is 31.1. The van der Waals surface area contributed by atoms with Crippen LogP contribution in [0, 0.1) is 20.2 Å². The van der Waals surface area contributed by atoms with E-state index in [9.17, 15) is 39.5 Å². The maximum absolute atomic E-state index is 12.4. The zero-order valence-electron chi connectivity index (χ0n) is 18.3. The Morgan fingerprint density at radius 2 is 1.80 bits per heavy atom. The molecule has 0 radical (unpaired) electrons. The molecule has 2 N–H and O–H groups in total. The molecule has 2 aromatic carbocycles. The van der Waals surface area contributed by atoms with Gasteiger partial charge in [0.25, 0.3) is 11.4 Å². The summed E-state index contributed by atoms with van der Waals surface area (Å²) >= 11 is 0. The van der Waals surface area contributed by atoms with Gasteiger partial charge in [0, 0.05) is 12.5 Å². The van der Waals surface area contributed by atoms with Gasteiger partial charge in [-0.25, -0.2) is 9.59 Å². The van der Waals surface area contributed by atoms with Crippen LogP contribution in [0.1, 0.15) is 23.4 Å². The number of nitro groups is 2. The van der Waals surface area contributed by atoms with Crippen LogP contribution in [0.3, 0.4) is 0 Å². The molecule has 14 nitrogen and oxygen atoms in total. The Morgan fingerprint density at radius 3 is 2.40 bits per heavy atom. The van der Waals surface area contributed by atoms with E-state index in [1.807, 2.05) is 0 Å². The fourth-order valence-corrected chi connectivity index (χ4v) is 3.79. The second kappa shape index (κ2) is 13.1. The molecule has 35 heavy (non-hydrogen) atoms. The van der Waals surface area contributed by atoms with Crippen molar-refractivity contribution >= 4 is 31.5 Å². The van der Waals surface area contributed by atoms with E-state index in [-0.39, 0.29) is 13.0 Å². The van der Waals surface area contributed by atoms with E-state index in [2.05, 4.69) is 10.1 Å². The van der Waals surface area contributed by atoms with Crippen molar-refractivity contribution in [3.63, 3.8) is 0 Å². The first-order valence-electron chi connectivity index (χ1n) is 9.96. The fraction of sp³-hybridized carbons (Fsp3) is 0.300. The number of amides is 1. The van der Waals surface area contributed by atoms with Gasteiger partial charge in [0.2, 0.25) is 8.03 Å². The summed E-state index contributed by atoms with van der Waals surface area (Å²) in [5, 5.41) is 34.6. The van der Waals surface area contributed by atoms with Crippen LogP contribution in [0.4, 0.5) is 16.2 Å². The highest BCUT2D eigenvalue weighted by Gasteiger charge is 2.29. The van der Waals surface area contributed by atoms with Crippen molar-refractivity contribution in [3.8, 4) is 0 Å². The summed E-state index contributed by atoms with van der Waals surface area (Å²) in [6, 6.07) is 10.00. The zero-order chi connectivity index (χ0) is 26.0. The summed E-state index contributed by atoms with van der Waals surface area (Å²) < 4.78 is 27.1. The highest BCUT2D eigenvalue weighted by molar-refractivity contribution is 7.39. The number of carbonyl (C=O) groups excluding carboxylic acids is 2. The predicted octanol–water partition coefficient (Wildman–Crippen LogP) is 2.84. The van der Waals surface area contributed by atoms with Gasteiger partial charge in [0.15, 0.2) is 5.85 Å². The monoisotopic (exact) mass is 511 g/mol. The molecule has 0 aliphatic heterocycles. The number of benzene rings is 2. The standard InChI is InChI=1S/C20H22N3O11P/c1-32-18(24)16(21-20(26)33-12-13-5-3-2-4-6-13)9-10-34-35(31)19(25)15-8-7-14(22(27)28)11-17(15)23(29)30/h2-8,11,16,19,25,35H,9-10,12H2,1H3,(H,21,26)/t16-,19?/m0/s1. The Bertz CT molecular complexity index is 1100. The van der Waals surface area contributed by atoms with Crippen LogP contribution in [-0.4, -0.2) is 46.8 Å². The van der Waals surface area contributed by atoms with Crippen molar-refractivity contribution in [2.75, 3.05) is 13.7 Å². The third kappa shape index (κ3) is 8.14. The van der Waals surface area contributed by atoms with Crippen LogP contribution in [-0.2, 0) is 30.0 Å². The molecule has 0 aromatic heterocycles. The molecular weight excluding hydrogens is 489 g/mol. The van der Waals surface area contributed by atoms with Crippen LogP contribution >= 0.6 is 8.03 Å². The molecule has 0 saturated carbocycles. The highest BCUT2D eigenvalue weighted by Crippen LogP contribution is 2.44. The number of hydrogen-bond acceptors (Lipinski definition) is 11. The van der Waals surface area contributed by atoms with Gasteiger partial charge in [0.05, 0.1) is 35.2 Å². The Balaban J connectivity index is 1.96. The van der Waals surface area contributed by atoms with Crippen molar-refractivity contribution in [3.05, 3.63) is 79.9 Å². The summed E-state index contributed by atoms with van der Waals surface area (Å²) in [6.45, 7) is -0.459. The van der Waals surface area contributed by atoms with E-state index < -0.39 is 65.4 Å². The molecule has 188 valence electrons. The first kappa shape index (κ1) is 27.4. The number of nitrogens with one attached hydrogen (secondary N) is 1. The Kier molecular flexibility index (Phi) is 10.3. The molecule has 15 heteroatoms. The molecule has 0 aliphatic carbocycles. The first-order chi connectivity index (χ1) is 16.6. The van der Waals surface area contributed by atoms with Crippen LogP contribution < -0.4 is 5.32 Å². The minimum absolute atomic E-state index is 0.0506. The summed E-state index contributed by atoms with van der Waals surface area (Å²) in [6.07, 6.45) is -1.14. The van der Waals surface area contributed by atoms with Crippen LogP contribution in [0.15, 0.2) is 48.5 Å². The number of methoxy groups -OCH3 is 1. The lowest BCUT2D eigenvalue weighted by molar-refractivity contribution is -0.394. The van der Waals surface area contributed by atoms with E-state index in [0.717, 1.165) is 19.2 Å². The molecule has 0 aliphatic rings. The van der Waals surface area contributed by atoms with E-state index in [1.165, 1.54) is 0 Å². The average molecular weight is 511 g/mol. The molecule has 2 rings (SSSR count).